The molecule has 152 valence electrons. The first-order chi connectivity index (χ1) is 13.3. The number of furan rings is 1. The van der Waals surface area contributed by atoms with E-state index in [-0.39, 0.29) is 11.4 Å². The van der Waals surface area contributed by atoms with Crippen LogP contribution in [0.1, 0.15) is 80.3 Å². The maximum atomic E-state index is 12.5. The van der Waals surface area contributed by atoms with Crippen LogP contribution in [0.2, 0.25) is 0 Å². The molecule has 1 amide bonds. The Hall–Kier alpha value is -2.07. The first-order valence-electron chi connectivity index (χ1n) is 10.5. The zero-order valence-electron chi connectivity index (χ0n) is 17.8. The summed E-state index contributed by atoms with van der Waals surface area (Å²) in [7, 11) is 0. The number of rotatable bonds is 6. The number of hydrogen-bond donors (Lipinski definition) is 1. The fourth-order valence-electron chi connectivity index (χ4n) is 3.72. The Balaban J connectivity index is 1.64. The van der Waals surface area contributed by atoms with Crippen LogP contribution in [0.3, 0.4) is 0 Å². The lowest BCUT2D eigenvalue weighted by molar-refractivity contribution is 0.0882. The molecular formula is C24H34N2O2. The summed E-state index contributed by atoms with van der Waals surface area (Å²) in [6, 6.07) is 12.7. The van der Waals surface area contributed by atoms with Crippen molar-refractivity contribution in [1.29, 1.82) is 0 Å². The molecule has 0 unspecified atom stereocenters. The molecule has 1 fully saturated rings. The Morgan fingerprint density at radius 3 is 2.36 bits per heavy atom. The number of carbonyl (C=O) groups is 1. The minimum Gasteiger partial charge on any atom is -0.455 e. The summed E-state index contributed by atoms with van der Waals surface area (Å²) in [4.78, 5) is 14.9. The molecule has 1 aromatic carbocycles. The van der Waals surface area contributed by atoms with Crippen molar-refractivity contribution >= 4 is 5.91 Å². The van der Waals surface area contributed by atoms with E-state index in [1.54, 1.807) is 6.07 Å². The Morgan fingerprint density at radius 2 is 1.71 bits per heavy atom. The van der Waals surface area contributed by atoms with Gasteiger partial charge in [-0.1, -0.05) is 49.1 Å². The monoisotopic (exact) mass is 382 g/mol. The highest BCUT2D eigenvalue weighted by molar-refractivity contribution is 5.91. The van der Waals surface area contributed by atoms with Gasteiger partial charge in [0.25, 0.3) is 5.91 Å². The van der Waals surface area contributed by atoms with Gasteiger partial charge in [0, 0.05) is 18.1 Å². The summed E-state index contributed by atoms with van der Waals surface area (Å²) >= 11 is 0. The van der Waals surface area contributed by atoms with Crippen LogP contribution in [0.5, 0.6) is 0 Å². The van der Waals surface area contributed by atoms with Crippen molar-refractivity contribution in [1.82, 2.24) is 10.2 Å². The van der Waals surface area contributed by atoms with Crippen molar-refractivity contribution in [2.75, 3.05) is 0 Å². The molecule has 0 aliphatic heterocycles. The standard InChI is InChI=1S/C24H34N2O2/c1-18-10-12-19(13-11-18)16-26(24(2,3)4)17-21-14-15-22(28-21)23(27)25-20-8-6-5-7-9-20/h10-15,20H,5-9,16-17H2,1-4H3,(H,25,27). The first-order valence-corrected chi connectivity index (χ1v) is 10.5. The summed E-state index contributed by atoms with van der Waals surface area (Å²) in [5.74, 6) is 1.17. The zero-order valence-corrected chi connectivity index (χ0v) is 17.8. The minimum atomic E-state index is -0.0843. The zero-order chi connectivity index (χ0) is 20.1. The third-order valence-corrected chi connectivity index (χ3v) is 5.62. The van der Waals surface area contributed by atoms with Gasteiger partial charge in [0.15, 0.2) is 5.76 Å². The topological polar surface area (TPSA) is 45.5 Å². The molecule has 1 N–H and O–H groups in total. The van der Waals surface area contributed by atoms with Crippen LogP contribution in [-0.4, -0.2) is 22.4 Å². The van der Waals surface area contributed by atoms with Crippen molar-refractivity contribution in [3.8, 4) is 0 Å². The quantitative estimate of drug-likeness (QED) is 0.722. The van der Waals surface area contributed by atoms with Crippen molar-refractivity contribution in [2.24, 2.45) is 0 Å². The average Bonchev–Trinajstić information content (AvgIpc) is 3.12. The van der Waals surface area contributed by atoms with Gasteiger partial charge in [-0.15, -0.1) is 0 Å². The third kappa shape index (κ3) is 5.71. The molecule has 1 aromatic heterocycles. The molecule has 0 radical (unpaired) electrons. The van der Waals surface area contributed by atoms with Crippen LogP contribution < -0.4 is 5.32 Å². The molecule has 1 saturated carbocycles. The van der Waals surface area contributed by atoms with Gasteiger partial charge >= 0.3 is 0 Å². The van der Waals surface area contributed by atoms with Crippen LogP contribution in [-0.2, 0) is 13.1 Å². The van der Waals surface area contributed by atoms with E-state index in [1.807, 2.05) is 6.07 Å². The van der Waals surface area contributed by atoms with Crippen LogP contribution in [0.25, 0.3) is 0 Å². The molecule has 4 nitrogen and oxygen atoms in total. The van der Waals surface area contributed by atoms with E-state index in [0.29, 0.717) is 18.3 Å². The predicted octanol–water partition coefficient (Wildman–Crippen LogP) is 5.45. The Labute approximate surface area is 169 Å². The van der Waals surface area contributed by atoms with Crippen LogP contribution in [0.15, 0.2) is 40.8 Å². The van der Waals surface area contributed by atoms with E-state index in [2.05, 4.69) is 62.2 Å². The number of carbonyl (C=O) groups excluding carboxylic acids is 1. The van der Waals surface area contributed by atoms with E-state index >= 15 is 0 Å². The molecule has 4 heteroatoms. The molecule has 1 aliphatic carbocycles. The molecule has 0 saturated heterocycles. The molecule has 0 spiro atoms. The molecule has 0 atom stereocenters. The summed E-state index contributed by atoms with van der Waals surface area (Å²) in [6.07, 6.45) is 5.84. The Kier molecular flexibility index (Phi) is 6.61. The number of aryl methyl sites for hydroxylation is 1. The SMILES string of the molecule is Cc1ccc(CN(Cc2ccc(C(=O)NC3CCCCC3)o2)C(C)(C)C)cc1. The smallest absolute Gasteiger partial charge is 0.287 e. The number of hydrogen-bond acceptors (Lipinski definition) is 3. The molecule has 1 aliphatic rings. The predicted molar refractivity (Wildman–Crippen MR) is 113 cm³/mol. The van der Waals surface area contributed by atoms with Gasteiger partial charge < -0.3 is 9.73 Å². The van der Waals surface area contributed by atoms with Gasteiger partial charge in [-0.3, -0.25) is 9.69 Å². The van der Waals surface area contributed by atoms with Gasteiger partial charge in [0.05, 0.1) is 6.54 Å². The summed E-state index contributed by atoms with van der Waals surface area (Å²) in [5.41, 5.74) is 2.54. The average molecular weight is 383 g/mol. The van der Waals surface area contributed by atoms with Crippen molar-refractivity contribution in [2.45, 2.75) is 84.5 Å². The molecule has 2 aromatic rings. The lowest BCUT2D eigenvalue weighted by atomic mass is 9.95. The van der Waals surface area contributed by atoms with Crippen LogP contribution >= 0.6 is 0 Å². The maximum Gasteiger partial charge on any atom is 0.287 e. The normalized spacial score (nSPS) is 15.8. The molecular weight excluding hydrogens is 348 g/mol. The van der Waals surface area contributed by atoms with E-state index in [0.717, 1.165) is 25.1 Å². The van der Waals surface area contributed by atoms with Crippen molar-refractivity contribution < 1.29 is 9.21 Å². The van der Waals surface area contributed by atoms with Gasteiger partial charge in [-0.25, -0.2) is 0 Å². The highest BCUT2D eigenvalue weighted by Crippen LogP contribution is 2.23. The van der Waals surface area contributed by atoms with E-state index in [9.17, 15) is 4.79 Å². The summed E-state index contributed by atoms with van der Waals surface area (Å²) in [5, 5.41) is 3.13. The number of benzene rings is 1. The second-order valence-corrected chi connectivity index (χ2v) is 9.09. The van der Waals surface area contributed by atoms with Crippen molar-refractivity contribution in [3.05, 3.63) is 59.0 Å². The van der Waals surface area contributed by atoms with Gasteiger partial charge in [-0.2, -0.15) is 0 Å². The van der Waals surface area contributed by atoms with E-state index in [4.69, 9.17) is 4.42 Å². The largest absolute Gasteiger partial charge is 0.455 e. The second kappa shape index (κ2) is 8.95. The number of amides is 1. The van der Waals surface area contributed by atoms with Gasteiger partial charge in [0.2, 0.25) is 0 Å². The second-order valence-electron chi connectivity index (χ2n) is 9.09. The minimum absolute atomic E-state index is 0.0117. The molecule has 3 rings (SSSR count). The Morgan fingerprint density at radius 1 is 1.04 bits per heavy atom. The van der Waals surface area contributed by atoms with Crippen LogP contribution in [0, 0.1) is 6.92 Å². The molecule has 28 heavy (non-hydrogen) atoms. The third-order valence-electron chi connectivity index (χ3n) is 5.62. The maximum absolute atomic E-state index is 12.5. The fourth-order valence-corrected chi connectivity index (χ4v) is 3.72. The van der Waals surface area contributed by atoms with Crippen LogP contribution in [0.4, 0.5) is 0 Å². The van der Waals surface area contributed by atoms with Gasteiger partial charge in [-0.05, 0) is 58.2 Å². The lowest BCUT2D eigenvalue weighted by Crippen LogP contribution is -2.40. The highest BCUT2D eigenvalue weighted by Gasteiger charge is 2.24. The highest BCUT2D eigenvalue weighted by atomic mass is 16.4. The lowest BCUT2D eigenvalue weighted by Gasteiger charge is -2.35. The first kappa shape index (κ1) is 20.7. The fraction of sp³-hybridized carbons (Fsp3) is 0.542. The van der Waals surface area contributed by atoms with Gasteiger partial charge in [0.1, 0.15) is 5.76 Å². The Bertz CT molecular complexity index is 765. The van der Waals surface area contributed by atoms with E-state index < -0.39 is 0 Å². The summed E-state index contributed by atoms with van der Waals surface area (Å²) < 4.78 is 5.92. The van der Waals surface area contributed by atoms with Crippen molar-refractivity contribution in [3.63, 3.8) is 0 Å². The number of nitrogens with one attached hydrogen (secondary N) is 1. The summed E-state index contributed by atoms with van der Waals surface area (Å²) in [6.45, 7) is 10.2. The number of nitrogens with zero attached hydrogens (tertiary/aromatic N) is 1. The molecule has 1 heterocycles. The van der Waals surface area contributed by atoms with E-state index in [1.165, 1.54) is 30.4 Å². The molecule has 0 bridgehead atoms.